The van der Waals surface area contributed by atoms with Gasteiger partial charge in [0.25, 0.3) is 0 Å². The molecule has 2 aromatic carbocycles. The zero-order valence-corrected chi connectivity index (χ0v) is 16.0. The molecular formula is C22H28O4. The Balaban J connectivity index is 2.26. The van der Waals surface area contributed by atoms with E-state index in [-0.39, 0.29) is 35.0 Å². The molecule has 2 rings (SSSR count). The Kier molecular flexibility index (Phi) is 6.67. The second-order valence-electron chi connectivity index (χ2n) is 7.14. The van der Waals surface area contributed by atoms with Crippen LogP contribution in [-0.2, 0) is 12.8 Å². The van der Waals surface area contributed by atoms with Crippen molar-refractivity contribution in [1.82, 2.24) is 0 Å². The van der Waals surface area contributed by atoms with E-state index in [1.165, 1.54) is 18.7 Å². The number of carbonyl (C=O) groups is 1. The van der Waals surface area contributed by atoms with E-state index < -0.39 is 0 Å². The maximum Gasteiger partial charge on any atom is 0.170 e. The van der Waals surface area contributed by atoms with Crippen LogP contribution in [0.4, 0.5) is 0 Å². The van der Waals surface area contributed by atoms with Crippen LogP contribution in [0.5, 0.6) is 17.2 Å². The van der Waals surface area contributed by atoms with Crippen LogP contribution in [0, 0.1) is 12.8 Å². The van der Waals surface area contributed by atoms with Crippen LogP contribution in [0.15, 0.2) is 30.3 Å². The van der Waals surface area contributed by atoms with Crippen LogP contribution in [0.3, 0.4) is 0 Å². The van der Waals surface area contributed by atoms with Crippen LogP contribution < -0.4 is 4.74 Å². The highest BCUT2D eigenvalue weighted by Gasteiger charge is 2.23. The van der Waals surface area contributed by atoms with Crippen molar-refractivity contribution < 1.29 is 19.7 Å². The first-order valence-corrected chi connectivity index (χ1v) is 9.04. The van der Waals surface area contributed by atoms with Crippen LogP contribution in [0.1, 0.15) is 53.7 Å². The number of benzene rings is 2. The molecule has 0 saturated heterocycles. The Bertz CT molecular complexity index is 761. The lowest BCUT2D eigenvalue weighted by atomic mass is 9.94. The van der Waals surface area contributed by atoms with Gasteiger partial charge in [-0.3, -0.25) is 4.79 Å². The zero-order valence-electron chi connectivity index (χ0n) is 16.0. The van der Waals surface area contributed by atoms with Gasteiger partial charge in [-0.25, -0.2) is 0 Å². The third-order valence-corrected chi connectivity index (χ3v) is 4.58. The van der Waals surface area contributed by atoms with E-state index in [9.17, 15) is 15.0 Å². The van der Waals surface area contributed by atoms with Crippen molar-refractivity contribution in [3.05, 3.63) is 52.6 Å². The molecule has 0 heterocycles. The number of hydrogen-bond donors (Lipinski definition) is 2. The number of carbonyl (C=O) groups excluding carboxylic acids is 1. The van der Waals surface area contributed by atoms with E-state index in [1.807, 2.05) is 31.2 Å². The Morgan fingerprint density at radius 3 is 2.35 bits per heavy atom. The Hall–Kier alpha value is -2.49. The van der Waals surface area contributed by atoms with Crippen LogP contribution in [0.2, 0.25) is 0 Å². The first kappa shape index (κ1) is 19.8. The molecule has 0 fully saturated rings. The first-order chi connectivity index (χ1) is 12.3. The molecule has 0 radical (unpaired) electrons. The van der Waals surface area contributed by atoms with Crippen LogP contribution in [-0.4, -0.2) is 23.1 Å². The summed E-state index contributed by atoms with van der Waals surface area (Å²) in [4.78, 5) is 12.8. The number of Topliss-reactive ketones (excluding diaryl/α,β-unsaturated/α-hetero) is 1. The summed E-state index contributed by atoms with van der Waals surface area (Å²) in [6.45, 7) is 6.17. The number of ether oxygens (including phenoxy) is 1. The van der Waals surface area contributed by atoms with Gasteiger partial charge in [-0.2, -0.15) is 0 Å². The monoisotopic (exact) mass is 356 g/mol. The van der Waals surface area contributed by atoms with Crippen molar-refractivity contribution in [2.75, 3.05) is 7.11 Å². The lowest BCUT2D eigenvalue weighted by Crippen LogP contribution is -2.07. The molecular weight excluding hydrogens is 328 g/mol. The second kappa shape index (κ2) is 8.75. The average molecular weight is 356 g/mol. The highest BCUT2D eigenvalue weighted by molar-refractivity contribution is 6.02. The maximum absolute atomic E-state index is 12.8. The number of ketones is 1. The molecule has 0 bridgehead atoms. The first-order valence-electron chi connectivity index (χ1n) is 9.04. The van der Waals surface area contributed by atoms with Gasteiger partial charge >= 0.3 is 0 Å². The van der Waals surface area contributed by atoms with Crippen molar-refractivity contribution in [1.29, 1.82) is 0 Å². The van der Waals surface area contributed by atoms with E-state index >= 15 is 0 Å². The lowest BCUT2D eigenvalue weighted by Gasteiger charge is -2.16. The quantitative estimate of drug-likeness (QED) is 0.666. The van der Waals surface area contributed by atoms with E-state index in [2.05, 4.69) is 13.8 Å². The van der Waals surface area contributed by atoms with Gasteiger partial charge in [0.1, 0.15) is 22.8 Å². The lowest BCUT2D eigenvalue weighted by molar-refractivity contribution is 0.0977. The summed E-state index contributed by atoms with van der Waals surface area (Å²) in [5, 5.41) is 20.8. The standard InChI is InChI=1S/C22H28O4/c1-14(2)5-11-17-19(24)13-20(26-4)21(22(17)25)18(23)12-10-16-8-6-15(3)7-9-16/h6-9,13-14,24-25H,5,10-12H2,1-4H3. The molecule has 0 spiro atoms. The van der Waals surface area contributed by atoms with E-state index in [1.54, 1.807) is 0 Å². The molecule has 2 aromatic rings. The van der Waals surface area contributed by atoms with Gasteiger partial charge in [0.15, 0.2) is 5.78 Å². The molecule has 2 N–H and O–H groups in total. The SMILES string of the molecule is COc1cc(O)c(CCC(C)C)c(O)c1C(=O)CCc1ccc(C)cc1. The van der Waals surface area contributed by atoms with Gasteiger partial charge in [0.2, 0.25) is 0 Å². The molecule has 4 nitrogen and oxygen atoms in total. The van der Waals surface area contributed by atoms with Crippen molar-refractivity contribution in [2.24, 2.45) is 5.92 Å². The third-order valence-electron chi connectivity index (χ3n) is 4.58. The molecule has 0 atom stereocenters. The molecule has 0 aliphatic heterocycles. The Morgan fingerprint density at radius 2 is 1.77 bits per heavy atom. The summed E-state index contributed by atoms with van der Waals surface area (Å²) in [6.07, 6.45) is 2.17. The van der Waals surface area contributed by atoms with Gasteiger partial charge < -0.3 is 14.9 Å². The molecule has 0 unspecified atom stereocenters. The number of aromatic hydroxyl groups is 2. The summed E-state index contributed by atoms with van der Waals surface area (Å²) in [5.41, 5.74) is 2.82. The van der Waals surface area contributed by atoms with Crippen LogP contribution in [0.25, 0.3) is 0 Å². The number of rotatable bonds is 8. The fourth-order valence-electron chi connectivity index (χ4n) is 2.92. The third kappa shape index (κ3) is 4.78. The van der Waals surface area contributed by atoms with Crippen molar-refractivity contribution in [3.8, 4) is 17.2 Å². The van der Waals surface area contributed by atoms with Gasteiger partial charge in [0, 0.05) is 18.1 Å². The molecule has 0 aromatic heterocycles. The summed E-state index contributed by atoms with van der Waals surface area (Å²) >= 11 is 0. The van der Waals surface area contributed by atoms with Crippen LogP contribution >= 0.6 is 0 Å². The predicted octanol–water partition coefficient (Wildman–Crippen LogP) is 4.82. The number of hydrogen-bond acceptors (Lipinski definition) is 4. The number of methoxy groups -OCH3 is 1. The topological polar surface area (TPSA) is 66.8 Å². The number of phenolic OH excluding ortho intramolecular Hbond substituents is 2. The molecule has 0 saturated carbocycles. The fraction of sp³-hybridized carbons (Fsp3) is 0.409. The minimum atomic E-state index is -0.189. The molecule has 4 heteroatoms. The van der Waals surface area contributed by atoms with E-state index in [4.69, 9.17) is 4.74 Å². The Labute approximate surface area is 155 Å². The summed E-state index contributed by atoms with van der Waals surface area (Å²) in [7, 11) is 1.43. The largest absolute Gasteiger partial charge is 0.507 e. The van der Waals surface area contributed by atoms with Crippen molar-refractivity contribution >= 4 is 5.78 Å². The molecule has 0 aliphatic carbocycles. The minimum Gasteiger partial charge on any atom is -0.507 e. The van der Waals surface area contributed by atoms with E-state index in [0.29, 0.717) is 24.3 Å². The molecule has 0 aliphatic rings. The number of aryl methyl sites for hydroxylation is 2. The van der Waals surface area contributed by atoms with Gasteiger partial charge in [-0.05, 0) is 37.7 Å². The van der Waals surface area contributed by atoms with Gasteiger partial charge in [-0.15, -0.1) is 0 Å². The molecule has 140 valence electrons. The summed E-state index contributed by atoms with van der Waals surface area (Å²) in [6, 6.07) is 9.47. The smallest absolute Gasteiger partial charge is 0.170 e. The number of phenols is 2. The summed E-state index contributed by atoms with van der Waals surface area (Å²) in [5.74, 6) is 0.260. The van der Waals surface area contributed by atoms with E-state index in [0.717, 1.165) is 12.0 Å². The highest BCUT2D eigenvalue weighted by Crippen LogP contribution is 2.39. The maximum atomic E-state index is 12.8. The van der Waals surface area contributed by atoms with Crippen molar-refractivity contribution in [2.45, 2.75) is 46.5 Å². The normalized spacial score (nSPS) is 11.0. The van der Waals surface area contributed by atoms with Crippen molar-refractivity contribution in [3.63, 3.8) is 0 Å². The average Bonchev–Trinajstić information content (AvgIpc) is 2.60. The second-order valence-corrected chi connectivity index (χ2v) is 7.14. The predicted molar refractivity (Wildman–Crippen MR) is 103 cm³/mol. The molecule has 0 amide bonds. The highest BCUT2D eigenvalue weighted by atomic mass is 16.5. The fourth-order valence-corrected chi connectivity index (χ4v) is 2.92. The zero-order chi connectivity index (χ0) is 19.3. The molecule has 26 heavy (non-hydrogen) atoms. The summed E-state index contributed by atoms with van der Waals surface area (Å²) < 4.78 is 5.24. The Morgan fingerprint density at radius 1 is 1.12 bits per heavy atom. The van der Waals surface area contributed by atoms with Gasteiger partial charge in [-0.1, -0.05) is 43.7 Å². The minimum absolute atomic E-state index is 0.0323. The van der Waals surface area contributed by atoms with Gasteiger partial charge in [0.05, 0.1) is 7.11 Å².